The van der Waals surface area contributed by atoms with Gasteiger partial charge in [-0.1, -0.05) is 28.1 Å². The van der Waals surface area contributed by atoms with Crippen LogP contribution in [0.3, 0.4) is 0 Å². The van der Waals surface area contributed by atoms with E-state index in [4.69, 9.17) is 0 Å². The summed E-state index contributed by atoms with van der Waals surface area (Å²) in [6.45, 7) is 2.15. The molecule has 0 bridgehead atoms. The molecule has 1 aliphatic rings. The smallest absolute Gasteiger partial charge is 0.225 e. The first-order valence-electron chi connectivity index (χ1n) is 6.17. The molecule has 92 valence electrons. The van der Waals surface area contributed by atoms with Crippen LogP contribution in [0.2, 0.25) is 0 Å². The molecule has 2 heterocycles. The standard InChI is InChI=1S/C14H14BrN3/c15-12-5-3-11(4-6-12)13-7-8-16-14(17-13)18-9-1-2-10-18/h3-8H,1-2,9-10H2. The summed E-state index contributed by atoms with van der Waals surface area (Å²) >= 11 is 3.45. The van der Waals surface area contributed by atoms with Gasteiger partial charge in [0.05, 0.1) is 5.69 Å². The molecule has 3 nitrogen and oxygen atoms in total. The van der Waals surface area contributed by atoms with Crippen LogP contribution in [0.1, 0.15) is 12.8 Å². The van der Waals surface area contributed by atoms with Gasteiger partial charge in [0.2, 0.25) is 5.95 Å². The fourth-order valence-corrected chi connectivity index (χ4v) is 2.46. The Balaban J connectivity index is 1.92. The molecule has 18 heavy (non-hydrogen) atoms. The van der Waals surface area contributed by atoms with Crippen molar-refractivity contribution in [3.8, 4) is 11.3 Å². The molecule has 3 rings (SSSR count). The second kappa shape index (κ2) is 5.06. The lowest BCUT2D eigenvalue weighted by molar-refractivity contribution is 0.900. The maximum absolute atomic E-state index is 4.65. The highest BCUT2D eigenvalue weighted by atomic mass is 79.9. The van der Waals surface area contributed by atoms with Crippen molar-refractivity contribution in [3.05, 3.63) is 41.0 Å². The molecule has 0 aliphatic carbocycles. The van der Waals surface area contributed by atoms with Gasteiger partial charge in [0, 0.05) is 29.3 Å². The van der Waals surface area contributed by atoms with Crippen molar-refractivity contribution in [1.82, 2.24) is 9.97 Å². The Morgan fingerprint density at radius 3 is 2.44 bits per heavy atom. The van der Waals surface area contributed by atoms with Gasteiger partial charge >= 0.3 is 0 Å². The first-order valence-corrected chi connectivity index (χ1v) is 6.96. The first-order chi connectivity index (χ1) is 8.83. The molecule has 0 saturated carbocycles. The van der Waals surface area contributed by atoms with E-state index in [2.05, 4.69) is 42.9 Å². The molecule has 0 spiro atoms. The fraction of sp³-hybridized carbons (Fsp3) is 0.286. The van der Waals surface area contributed by atoms with Crippen LogP contribution in [-0.2, 0) is 0 Å². The molecular formula is C14H14BrN3. The van der Waals surface area contributed by atoms with Gasteiger partial charge in [-0.05, 0) is 31.0 Å². The summed E-state index contributed by atoms with van der Waals surface area (Å²) in [7, 11) is 0. The van der Waals surface area contributed by atoms with E-state index in [1.54, 1.807) is 0 Å². The summed E-state index contributed by atoms with van der Waals surface area (Å²) in [4.78, 5) is 11.3. The Kier molecular flexibility index (Phi) is 3.28. The molecule has 1 aliphatic heterocycles. The van der Waals surface area contributed by atoms with E-state index < -0.39 is 0 Å². The van der Waals surface area contributed by atoms with Gasteiger partial charge in [-0.15, -0.1) is 0 Å². The molecule has 0 N–H and O–H groups in total. The first kappa shape index (κ1) is 11.7. The fourth-order valence-electron chi connectivity index (χ4n) is 2.20. The topological polar surface area (TPSA) is 29.0 Å². The van der Waals surface area contributed by atoms with Crippen LogP contribution in [0.4, 0.5) is 5.95 Å². The zero-order valence-electron chi connectivity index (χ0n) is 10.0. The number of hydrogen-bond acceptors (Lipinski definition) is 3. The molecule has 4 heteroatoms. The summed E-state index contributed by atoms with van der Waals surface area (Å²) in [5.74, 6) is 0.855. The minimum atomic E-state index is 0.855. The van der Waals surface area contributed by atoms with E-state index in [9.17, 15) is 0 Å². The van der Waals surface area contributed by atoms with E-state index in [1.165, 1.54) is 12.8 Å². The van der Waals surface area contributed by atoms with Crippen LogP contribution in [0.25, 0.3) is 11.3 Å². The van der Waals surface area contributed by atoms with Gasteiger partial charge in [0.1, 0.15) is 0 Å². The normalized spacial score (nSPS) is 15.1. The average Bonchev–Trinajstić information content (AvgIpc) is 2.94. The van der Waals surface area contributed by atoms with E-state index in [0.29, 0.717) is 0 Å². The van der Waals surface area contributed by atoms with Crippen LogP contribution in [0.15, 0.2) is 41.0 Å². The van der Waals surface area contributed by atoms with Crippen molar-refractivity contribution in [2.75, 3.05) is 18.0 Å². The summed E-state index contributed by atoms with van der Waals surface area (Å²) in [6, 6.07) is 10.2. The number of anilines is 1. The predicted octanol–water partition coefficient (Wildman–Crippen LogP) is 3.51. The van der Waals surface area contributed by atoms with Gasteiger partial charge in [-0.2, -0.15) is 0 Å². The molecule has 0 atom stereocenters. The Morgan fingerprint density at radius 2 is 1.72 bits per heavy atom. The molecule has 0 amide bonds. The van der Waals surface area contributed by atoms with Gasteiger partial charge in [-0.25, -0.2) is 9.97 Å². The summed E-state index contributed by atoms with van der Waals surface area (Å²) in [6.07, 6.45) is 4.33. The number of aromatic nitrogens is 2. The third-order valence-corrected chi connectivity index (χ3v) is 3.70. The lowest BCUT2D eigenvalue weighted by Crippen LogP contribution is -2.20. The Morgan fingerprint density at radius 1 is 1.00 bits per heavy atom. The monoisotopic (exact) mass is 303 g/mol. The van der Waals surface area contributed by atoms with E-state index in [0.717, 1.165) is 34.8 Å². The zero-order valence-corrected chi connectivity index (χ0v) is 11.6. The van der Waals surface area contributed by atoms with Gasteiger partial charge in [0.15, 0.2) is 0 Å². The second-order valence-electron chi connectivity index (χ2n) is 4.44. The van der Waals surface area contributed by atoms with Gasteiger partial charge in [0.25, 0.3) is 0 Å². The van der Waals surface area contributed by atoms with Crippen LogP contribution in [-0.4, -0.2) is 23.1 Å². The summed E-state index contributed by atoms with van der Waals surface area (Å²) in [5.41, 5.74) is 2.11. The molecule has 1 saturated heterocycles. The molecule has 1 fully saturated rings. The highest BCUT2D eigenvalue weighted by molar-refractivity contribution is 9.10. The van der Waals surface area contributed by atoms with E-state index in [-0.39, 0.29) is 0 Å². The lowest BCUT2D eigenvalue weighted by Gasteiger charge is -2.15. The SMILES string of the molecule is Brc1ccc(-c2ccnc(N3CCCC3)n2)cc1. The average molecular weight is 304 g/mol. The van der Waals surface area contributed by atoms with E-state index >= 15 is 0 Å². The maximum atomic E-state index is 4.65. The minimum Gasteiger partial charge on any atom is -0.341 e. The third kappa shape index (κ3) is 2.38. The maximum Gasteiger partial charge on any atom is 0.225 e. The van der Waals surface area contributed by atoms with Crippen molar-refractivity contribution in [3.63, 3.8) is 0 Å². The Bertz CT molecular complexity index is 533. The number of rotatable bonds is 2. The van der Waals surface area contributed by atoms with Crippen molar-refractivity contribution in [2.24, 2.45) is 0 Å². The molecule has 0 radical (unpaired) electrons. The highest BCUT2D eigenvalue weighted by Gasteiger charge is 2.15. The van der Waals surface area contributed by atoms with Gasteiger partial charge < -0.3 is 4.90 Å². The molecular weight excluding hydrogens is 290 g/mol. The highest BCUT2D eigenvalue weighted by Crippen LogP contribution is 2.22. The van der Waals surface area contributed by atoms with Crippen molar-refractivity contribution in [2.45, 2.75) is 12.8 Å². The van der Waals surface area contributed by atoms with Gasteiger partial charge in [-0.3, -0.25) is 0 Å². The number of hydrogen-bond donors (Lipinski definition) is 0. The van der Waals surface area contributed by atoms with Crippen LogP contribution in [0.5, 0.6) is 0 Å². The minimum absolute atomic E-state index is 0.855. The van der Waals surface area contributed by atoms with Crippen LogP contribution in [0, 0.1) is 0 Å². The third-order valence-electron chi connectivity index (χ3n) is 3.17. The van der Waals surface area contributed by atoms with Crippen molar-refractivity contribution < 1.29 is 0 Å². The van der Waals surface area contributed by atoms with Crippen molar-refractivity contribution in [1.29, 1.82) is 0 Å². The Hall–Kier alpha value is -1.42. The quantitative estimate of drug-likeness (QED) is 0.850. The number of halogens is 1. The largest absolute Gasteiger partial charge is 0.341 e. The van der Waals surface area contributed by atoms with Crippen molar-refractivity contribution >= 4 is 21.9 Å². The number of nitrogens with zero attached hydrogens (tertiary/aromatic N) is 3. The predicted molar refractivity (Wildman–Crippen MR) is 76.6 cm³/mol. The number of benzene rings is 1. The van der Waals surface area contributed by atoms with Crippen LogP contribution >= 0.6 is 15.9 Å². The zero-order chi connectivity index (χ0) is 12.4. The van der Waals surface area contributed by atoms with Crippen LogP contribution < -0.4 is 4.90 Å². The molecule has 0 unspecified atom stereocenters. The molecule has 1 aromatic carbocycles. The Labute approximate surface area is 115 Å². The second-order valence-corrected chi connectivity index (χ2v) is 5.36. The molecule has 1 aromatic heterocycles. The summed E-state index contributed by atoms with van der Waals surface area (Å²) < 4.78 is 1.08. The summed E-state index contributed by atoms with van der Waals surface area (Å²) in [5, 5.41) is 0. The van der Waals surface area contributed by atoms with E-state index in [1.807, 2.05) is 24.4 Å². The molecule has 2 aromatic rings. The lowest BCUT2D eigenvalue weighted by atomic mass is 10.1.